The van der Waals surface area contributed by atoms with Gasteiger partial charge < -0.3 is 35.8 Å². The van der Waals surface area contributed by atoms with Crippen LogP contribution in [-0.2, 0) is 27.2 Å². The number of aliphatic hydroxyl groups is 2. The van der Waals surface area contributed by atoms with Crippen LogP contribution in [-0.4, -0.2) is 86.8 Å². The predicted octanol–water partition coefficient (Wildman–Crippen LogP) is 3.88. The van der Waals surface area contributed by atoms with Crippen molar-refractivity contribution in [3.8, 4) is 5.75 Å². The zero-order valence-corrected chi connectivity index (χ0v) is 29.8. The summed E-state index contributed by atoms with van der Waals surface area (Å²) < 4.78 is 5.25. The van der Waals surface area contributed by atoms with Gasteiger partial charge in [-0.3, -0.25) is 14.4 Å². The molecule has 0 saturated carbocycles. The first kappa shape index (κ1) is 36.5. The molecule has 0 bridgehead atoms. The van der Waals surface area contributed by atoms with Crippen molar-refractivity contribution in [1.29, 1.82) is 0 Å². The van der Waals surface area contributed by atoms with E-state index in [9.17, 15) is 24.6 Å². The molecule has 5 atom stereocenters. The first-order chi connectivity index (χ1) is 23.4. The van der Waals surface area contributed by atoms with Gasteiger partial charge in [-0.1, -0.05) is 54.6 Å². The Bertz CT molecular complexity index is 1630. The van der Waals surface area contributed by atoms with Crippen LogP contribution in [0, 0.1) is 13.8 Å². The van der Waals surface area contributed by atoms with Crippen LogP contribution < -0.4 is 20.7 Å². The predicted molar refractivity (Wildman–Crippen MR) is 193 cm³/mol. The molecule has 0 unspecified atom stereocenters. The van der Waals surface area contributed by atoms with Crippen molar-refractivity contribution in [2.45, 2.75) is 75.6 Å². The molecule has 1 aliphatic carbocycles. The Morgan fingerprint density at radius 3 is 2.43 bits per heavy atom. The molecule has 1 fully saturated rings. The Kier molecular flexibility index (Phi) is 11.8. The number of alkyl halides is 1. The Morgan fingerprint density at radius 1 is 1.06 bits per heavy atom. The minimum absolute atomic E-state index is 0.171. The smallest absolute Gasteiger partial charge is 0.258 e. The molecule has 0 radical (unpaired) electrons. The maximum Gasteiger partial charge on any atom is 0.258 e. The van der Waals surface area contributed by atoms with E-state index in [-0.39, 0.29) is 18.9 Å². The Labute approximate surface area is 296 Å². The molecule has 5 N–H and O–H groups in total. The number of rotatable bonds is 13. The van der Waals surface area contributed by atoms with Crippen LogP contribution in [0.3, 0.4) is 0 Å². The number of nitrogens with one attached hydrogen (secondary N) is 3. The van der Waals surface area contributed by atoms with Gasteiger partial charge in [0.1, 0.15) is 11.8 Å². The molecule has 49 heavy (non-hydrogen) atoms. The van der Waals surface area contributed by atoms with Crippen LogP contribution in [0.15, 0.2) is 66.7 Å². The van der Waals surface area contributed by atoms with Gasteiger partial charge in [0.25, 0.3) is 11.8 Å². The van der Waals surface area contributed by atoms with Crippen LogP contribution in [0.4, 0.5) is 5.69 Å². The van der Waals surface area contributed by atoms with Crippen LogP contribution in [0.2, 0.25) is 0 Å². The van der Waals surface area contributed by atoms with Crippen LogP contribution in [0.1, 0.15) is 47.7 Å². The van der Waals surface area contributed by atoms with E-state index in [1.165, 1.54) is 16.7 Å². The fourth-order valence-electron chi connectivity index (χ4n) is 6.70. The van der Waals surface area contributed by atoms with E-state index < -0.39 is 52.8 Å². The molecule has 0 spiro atoms. The van der Waals surface area contributed by atoms with Gasteiger partial charge in [0.2, 0.25) is 5.91 Å². The zero-order valence-electron chi connectivity index (χ0n) is 28.2. The maximum atomic E-state index is 14.1. The number of hydrogen-bond acceptors (Lipinski definition) is 8. The van der Waals surface area contributed by atoms with Crippen molar-refractivity contribution < 1.29 is 29.3 Å². The number of anilines is 1. The number of nitrogens with zero attached hydrogens (tertiary/aromatic N) is 1. The van der Waals surface area contributed by atoms with Gasteiger partial charge in [0.15, 0.2) is 12.7 Å². The minimum atomic E-state index is -1.65. The number of aryl methyl sites for hydroxylation is 2. The third-order valence-corrected chi connectivity index (χ3v) is 10.7. The largest absolute Gasteiger partial charge is 0.483 e. The molecule has 3 aromatic rings. The number of thioether (sulfide) groups is 1. The Balaban J connectivity index is 1.31. The molecule has 10 nitrogen and oxygen atoms in total. The maximum absolute atomic E-state index is 14.1. The standard InChI is InChI=1S/C37H45ClN4O6S/c1-22-16-26(39-15-14-38)17-23(2)33(22)48-20-30(44)40-28(18-24-10-6-5-7-11-24)32(45)36(47)42-21-49-37(3,4)34(42)35(46)41-31-27-13-9-8-12-25(27)19-29(31)43/h5-13,16-17,28-29,31-32,34,39,43,45H,14-15,18-21H2,1-4H3,(H,40,44)(H,41,46)/t28-,29+,31-,32-,34+/m0/s1. The second-order valence-corrected chi connectivity index (χ2v) is 15.2. The molecule has 3 aromatic carbocycles. The number of aliphatic hydroxyl groups excluding tert-OH is 2. The molecule has 12 heteroatoms. The molecule has 1 heterocycles. The number of amides is 3. The highest BCUT2D eigenvalue weighted by Crippen LogP contribution is 2.41. The van der Waals surface area contributed by atoms with Gasteiger partial charge in [-0.2, -0.15) is 0 Å². The normalized spacial score (nSPS) is 20.6. The number of halogens is 1. The number of carbonyl (C=O) groups is 3. The van der Waals surface area contributed by atoms with Gasteiger partial charge in [-0.15, -0.1) is 23.4 Å². The first-order valence-electron chi connectivity index (χ1n) is 16.5. The van der Waals surface area contributed by atoms with E-state index in [0.717, 1.165) is 33.5 Å². The van der Waals surface area contributed by atoms with Crippen LogP contribution in [0.25, 0.3) is 0 Å². The SMILES string of the molecule is Cc1cc(NCCCl)cc(C)c1OCC(=O)N[C@@H](Cc1ccccc1)[C@H](O)C(=O)N1CSC(C)(C)[C@H]1C(=O)N[C@H]1c2ccccc2C[C@H]1O. The number of fused-ring (bicyclic) bond motifs is 1. The molecule has 1 saturated heterocycles. The minimum Gasteiger partial charge on any atom is -0.483 e. The molecule has 5 rings (SSSR count). The fraction of sp³-hybridized carbons (Fsp3) is 0.432. The number of hydrogen-bond donors (Lipinski definition) is 5. The van der Waals surface area contributed by atoms with E-state index in [2.05, 4.69) is 16.0 Å². The van der Waals surface area contributed by atoms with Crippen molar-refractivity contribution >= 4 is 46.8 Å². The van der Waals surface area contributed by atoms with Crippen molar-refractivity contribution in [3.63, 3.8) is 0 Å². The first-order valence-corrected chi connectivity index (χ1v) is 18.0. The molecule has 1 aliphatic heterocycles. The molecular weight excluding hydrogens is 664 g/mol. The van der Waals surface area contributed by atoms with Crippen LogP contribution >= 0.6 is 23.4 Å². The van der Waals surface area contributed by atoms with Crippen molar-refractivity contribution in [3.05, 3.63) is 94.5 Å². The van der Waals surface area contributed by atoms with E-state index in [1.54, 1.807) is 0 Å². The second kappa shape index (κ2) is 15.8. The summed E-state index contributed by atoms with van der Waals surface area (Å²) in [7, 11) is 0. The topological polar surface area (TPSA) is 140 Å². The third kappa shape index (κ3) is 8.52. The summed E-state index contributed by atoms with van der Waals surface area (Å²) in [5.41, 5.74) is 5.21. The van der Waals surface area contributed by atoms with E-state index in [1.807, 2.05) is 94.4 Å². The zero-order chi connectivity index (χ0) is 35.3. The third-order valence-electron chi connectivity index (χ3n) is 9.09. The lowest BCUT2D eigenvalue weighted by Gasteiger charge is -2.34. The second-order valence-electron chi connectivity index (χ2n) is 13.2. The van der Waals surface area contributed by atoms with Gasteiger partial charge in [0, 0.05) is 29.3 Å². The lowest BCUT2D eigenvalue weighted by Crippen LogP contribution is -2.59. The lowest BCUT2D eigenvalue weighted by molar-refractivity contribution is -0.148. The molecule has 0 aromatic heterocycles. The summed E-state index contributed by atoms with van der Waals surface area (Å²) in [6.07, 6.45) is -1.85. The van der Waals surface area contributed by atoms with E-state index in [4.69, 9.17) is 16.3 Å². The Morgan fingerprint density at radius 2 is 1.73 bits per heavy atom. The molecule has 3 amide bonds. The number of benzene rings is 3. The highest BCUT2D eigenvalue weighted by molar-refractivity contribution is 8.00. The molecule has 262 valence electrons. The van der Waals surface area contributed by atoms with Crippen molar-refractivity contribution in [2.75, 3.05) is 30.2 Å². The van der Waals surface area contributed by atoms with Gasteiger partial charge in [-0.25, -0.2) is 0 Å². The summed E-state index contributed by atoms with van der Waals surface area (Å²) in [5.74, 6) is -0.369. The Hall–Kier alpha value is -3.77. The van der Waals surface area contributed by atoms with E-state index in [0.29, 0.717) is 24.6 Å². The fourth-order valence-corrected chi connectivity index (χ4v) is 7.94. The average molecular weight is 709 g/mol. The van der Waals surface area contributed by atoms with Gasteiger partial charge >= 0.3 is 0 Å². The summed E-state index contributed by atoms with van der Waals surface area (Å²) in [6, 6.07) is 18.1. The van der Waals surface area contributed by atoms with Gasteiger partial charge in [-0.05, 0) is 74.1 Å². The van der Waals surface area contributed by atoms with Gasteiger partial charge in [0.05, 0.1) is 24.1 Å². The average Bonchev–Trinajstić information content (AvgIpc) is 3.56. The molecule has 2 aliphatic rings. The highest BCUT2D eigenvalue weighted by atomic mass is 35.5. The summed E-state index contributed by atoms with van der Waals surface area (Å²) in [4.78, 5) is 42.6. The number of carbonyl (C=O) groups excluding carboxylic acids is 3. The lowest BCUT2D eigenvalue weighted by atomic mass is 9.96. The quantitative estimate of drug-likeness (QED) is 0.169. The molecular formula is C37H45ClN4O6S. The van der Waals surface area contributed by atoms with Crippen molar-refractivity contribution in [1.82, 2.24) is 15.5 Å². The van der Waals surface area contributed by atoms with Crippen LogP contribution in [0.5, 0.6) is 5.75 Å². The summed E-state index contributed by atoms with van der Waals surface area (Å²) in [6.45, 7) is 7.83. The highest BCUT2D eigenvalue weighted by Gasteiger charge is 2.50. The van der Waals surface area contributed by atoms with Crippen molar-refractivity contribution in [2.24, 2.45) is 0 Å². The summed E-state index contributed by atoms with van der Waals surface area (Å²) >= 11 is 7.23. The monoisotopic (exact) mass is 708 g/mol. The summed E-state index contributed by atoms with van der Waals surface area (Å²) in [5, 5.41) is 31.4. The van der Waals surface area contributed by atoms with E-state index >= 15 is 0 Å². The number of ether oxygens (including phenoxy) is 1.